The molecule has 54 valence electrons. The predicted octanol–water partition coefficient (Wildman–Crippen LogP) is 3.24. The zero-order valence-corrected chi connectivity index (χ0v) is 9.68. The third-order valence-corrected chi connectivity index (χ3v) is 5.00. The first-order valence-electron chi connectivity index (χ1n) is 3.30. The molecule has 0 nitrogen and oxygen atoms in total. The van der Waals surface area contributed by atoms with Crippen LogP contribution in [0.2, 0.25) is 0 Å². The molecule has 1 aromatic rings. The zero-order valence-electron chi connectivity index (χ0n) is 5.93. The Balaban J connectivity index is 2.79. The van der Waals surface area contributed by atoms with Crippen molar-refractivity contribution in [2.24, 2.45) is 0 Å². The molecule has 0 unspecified atom stereocenters. The molecule has 0 fully saturated rings. The quantitative estimate of drug-likeness (QED) is 0.698. The predicted molar refractivity (Wildman–Crippen MR) is 55.0 cm³/mol. The molecule has 0 atom stereocenters. The monoisotopic (exact) mass is 240 g/mol. The van der Waals surface area contributed by atoms with Crippen LogP contribution < -0.4 is 0 Å². The van der Waals surface area contributed by atoms with Crippen molar-refractivity contribution in [1.82, 2.24) is 0 Å². The lowest BCUT2D eigenvalue weighted by Gasteiger charge is -1.92. The highest BCUT2D eigenvalue weighted by molar-refractivity contribution is 9.23. The zero-order chi connectivity index (χ0) is 8.10. The fourth-order valence-corrected chi connectivity index (χ4v) is 1.69. The summed E-state index contributed by atoms with van der Waals surface area (Å²) in [4.78, 5) is 0. The van der Waals surface area contributed by atoms with Crippen molar-refractivity contribution in [3.05, 3.63) is 39.1 Å². The normalized spacial score (nSPS) is 10.9. The second kappa shape index (κ2) is 5.20. The molecule has 0 bridgehead atoms. The van der Waals surface area contributed by atoms with Gasteiger partial charge in [0.05, 0.1) is 0 Å². The van der Waals surface area contributed by atoms with Crippen molar-refractivity contribution in [1.29, 1.82) is 0 Å². The fourth-order valence-electron chi connectivity index (χ4n) is 0.769. The molecule has 1 aromatic carbocycles. The number of halogens is 2. The van der Waals surface area contributed by atoms with Gasteiger partial charge in [-0.25, -0.2) is 0 Å². The van der Waals surface area contributed by atoms with Gasteiger partial charge in [-0.15, -0.1) is 11.6 Å². The van der Waals surface area contributed by atoms with Gasteiger partial charge in [0.25, 0.3) is 0 Å². The van der Waals surface area contributed by atoms with Crippen LogP contribution in [-0.4, -0.2) is 18.2 Å². The molecule has 0 amide bonds. The number of hydrogen-bond acceptors (Lipinski definition) is 0. The van der Waals surface area contributed by atoms with Gasteiger partial charge in [0.2, 0.25) is 0 Å². The van der Waals surface area contributed by atoms with E-state index in [9.17, 15) is 0 Å². The average Bonchev–Trinajstić information content (AvgIpc) is 2.06. The first-order valence-corrected chi connectivity index (χ1v) is 8.28. The second-order valence-corrected chi connectivity index (χ2v) is 5.78. The summed E-state index contributed by atoms with van der Waals surface area (Å²) < 4.78 is 0.955. The van der Waals surface area contributed by atoms with Crippen LogP contribution in [0, 0.1) is 0 Å². The largest absolute Gasteiger partial charge is 0.524 e. The van der Waals surface area contributed by atoms with Crippen molar-refractivity contribution >= 4 is 48.8 Å². The molecule has 0 aliphatic carbocycles. The van der Waals surface area contributed by atoms with E-state index >= 15 is 0 Å². The lowest BCUT2D eigenvalue weighted by Crippen LogP contribution is -1.77. The molecule has 0 spiro atoms. The van der Waals surface area contributed by atoms with Gasteiger partial charge >= 0.3 is 18.2 Å². The molecular weight excluding hydrogens is 236 g/mol. The summed E-state index contributed by atoms with van der Waals surface area (Å²) in [5.41, 5.74) is 1.17. The molecule has 0 heterocycles. The number of benzene rings is 1. The van der Waals surface area contributed by atoms with Crippen molar-refractivity contribution in [2.75, 3.05) is 0 Å². The van der Waals surface area contributed by atoms with E-state index in [1.165, 1.54) is 5.56 Å². The Kier molecular flexibility index (Phi) is 4.53. The minimum Gasteiger partial charge on any atom is -0.295 e. The maximum absolute atomic E-state index is 5.88. The van der Waals surface area contributed by atoms with E-state index in [1.807, 2.05) is 36.4 Å². The Labute approximate surface area is 87.2 Å². The van der Waals surface area contributed by atoms with E-state index in [4.69, 9.17) is 11.6 Å². The van der Waals surface area contributed by atoms with Crippen LogP contribution in [0.1, 0.15) is 5.56 Å². The maximum atomic E-state index is 5.88. The molecule has 0 aliphatic heterocycles. The highest BCUT2D eigenvalue weighted by Gasteiger charge is 1.93. The summed E-state index contributed by atoms with van der Waals surface area (Å²) in [7, 11) is 0. The van der Waals surface area contributed by atoms with E-state index in [1.54, 1.807) is 0 Å². The van der Waals surface area contributed by atoms with Crippen molar-refractivity contribution < 1.29 is 0 Å². The van der Waals surface area contributed by atoms with E-state index in [0.717, 1.165) is 3.16 Å². The molecule has 11 heavy (non-hydrogen) atoms. The Bertz CT molecular complexity index is 246. The van der Waals surface area contributed by atoms with Gasteiger partial charge < -0.3 is 0 Å². The second-order valence-electron chi connectivity index (χ2n) is 2.14. The summed E-state index contributed by atoms with van der Waals surface area (Å²) in [6.45, 7) is 0. The molecule has 0 radical (unpaired) electrons. The van der Waals surface area contributed by atoms with Crippen LogP contribution in [0.4, 0.5) is 0 Å². The SMILES string of the molecule is Cl[C](=Cc1ccccc1)[Mg][Br]. The standard InChI is InChI=1S/C8H6Cl.BrH.Mg/c9-7-6-8-4-2-1-3-5-8;;/h1-6H;1H;/q;;+1/p-1. The van der Waals surface area contributed by atoms with Crippen LogP contribution in [0.3, 0.4) is 0 Å². The Morgan fingerprint density at radius 1 is 1.36 bits per heavy atom. The van der Waals surface area contributed by atoms with Crippen LogP contribution in [-0.2, 0) is 0 Å². The first kappa shape index (κ1) is 9.58. The van der Waals surface area contributed by atoms with E-state index in [2.05, 4.69) is 12.9 Å². The summed E-state index contributed by atoms with van der Waals surface area (Å²) in [5.74, 6) is 0. The van der Waals surface area contributed by atoms with E-state index in [0.29, 0.717) is 0 Å². The highest BCUT2D eigenvalue weighted by Crippen LogP contribution is 2.09. The van der Waals surface area contributed by atoms with Crippen LogP contribution >= 0.6 is 24.5 Å². The topological polar surface area (TPSA) is 0 Å². The highest BCUT2D eigenvalue weighted by atomic mass is 79.9. The third kappa shape index (κ3) is 3.61. The van der Waals surface area contributed by atoms with Crippen LogP contribution in [0.25, 0.3) is 6.08 Å². The summed E-state index contributed by atoms with van der Waals surface area (Å²) in [6.07, 6.45) is 2.00. The first-order chi connectivity index (χ1) is 5.33. The average molecular weight is 242 g/mol. The lowest BCUT2D eigenvalue weighted by molar-refractivity contribution is 1.66. The molecule has 0 saturated carbocycles. The number of rotatable bonds is 2. The van der Waals surface area contributed by atoms with Crippen LogP contribution in [0.5, 0.6) is 0 Å². The Morgan fingerprint density at radius 3 is 2.55 bits per heavy atom. The minimum absolute atomic E-state index is 0.366. The summed E-state index contributed by atoms with van der Waals surface area (Å²) in [5, 5.41) is 0. The smallest absolute Gasteiger partial charge is 0.295 e. The number of hydrogen-bond donors (Lipinski definition) is 0. The van der Waals surface area contributed by atoms with Crippen molar-refractivity contribution in [3.63, 3.8) is 0 Å². The van der Waals surface area contributed by atoms with Crippen LogP contribution in [0.15, 0.2) is 33.5 Å². The van der Waals surface area contributed by atoms with Gasteiger partial charge in [0, 0.05) is 0 Å². The molecule has 3 heteroatoms. The van der Waals surface area contributed by atoms with Gasteiger partial charge in [-0.1, -0.05) is 39.6 Å². The molecule has 0 aliphatic rings. The maximum Gasteiger partial charge on any atom is 0.524 e. The van der Waals surface area contributed by atoms with E-state index < -0.39 is 0 Å². The van der Waals surface area contributed by atoms with E-state index in [-0.39, 0.29) is 18.2 Å². The van der Waals surface area contributed by atoms with Gasteiger partial charge in [-0.2, -0.15) is 0 Å². The Morgan fingerprint density at radius 2 is 2.00 bits per heavy atom. The van der Waals surface area contributed by atoms with Gasteiger partial charge in [0.1, 0.15) is 0 Å². The van der Waals surface area contributed by atoms with Crippen molar-refractivity contribution in [3.8, 4) is 0 Å². The third-order valence-electron chi connectivity index (χ3n) is 1.25. The lowest BCUT2D eigenvalue weighted by atomic mass is 10.2. The fraction of sp³-hybridized carbons (Fsp3) is 0. The minimum atomic E-state index is -0.366. The molecular formula is C8H6BrClMg. The van der Waals surface area contributed by atoms with Crippen molar-refractivity contribution in [2.45, 2.75) is 0 Å². The molecule has 0 aromatic heterocycles. The van der Waals surface area contributed by atoms with Gasteiger partial charge in [0.15, 0.2) is 0 Å². The van der Waals surface area contributed by atoms with Gasteiger partial charge in [-0.05, 0) is 5.56 Å². The summed E-state index contributed by atoms with van der Waals surface area (Å²) >= 11 is 8.92. The molecule has 0 N–H and O–H groups in total. The Hall–Kier alpha value is 0.496. The summed E-state index contributed by atoms with van der Waals surface area (Å²) in [6, 6.07) is 10.1. The molecule has 0 saturated heterocycles. The van der Waals surface area contributed by atoms with Gasteiger partial charge in [-0.3, -0.25) is 12.9 Å². The molecule has 1 rings (SSSR count).